The Kier molecular flexibility index (Phi) is 3.96. The fraction of sp³-hybridized carbons (Fsp3) is 1.00. The molecule has 2 aliphatic rings. The molecular formula is C12H28N2. The van der Waals surface area contributed by atoms with Crippen LogP contribution in [0.4, 0.5) is 0 Å². The molecule has 0 unspecified atom stereocenters. The largest absolute Gasteiger partial charge is 0.328 e. The van der Waals surface area contributed by atoms with E-state index < -0.39 is 0 Å². The van der Waals surface area contributed by atoms with Crippen LogP contribution in [0.2, 0.25) is 0 Å². The second-order valence-electron chi connectivity index (χ2n) is 5.56. The van der Waals surface area contributed by atoms with Crippen LogP contribution in [0, 0.1) is 5.41 Å². The van der Waals surface area contributed by atoms with Crippen LogP contribution in [-0.4, -0.2) is 30.1 Å². The standard InChI is InChI=1S/C9H17N.C3H9N.H2/c1-8(2)10-6-5-9(7-10)3-4-9;1-3(2)4;/h8H,3-7H2,1-2H3;3H,4H2,1-2H3;1H. The molecule has 1 heterocycles. The molecule has 14 heavy (non-hydrogen) atoms. The van der Waals surface area contributed by atoms with Crippen LogP contribution in [-0.2, 0) is 0 Å². The summed E-state index contributed by atoms with van der Waals surface area (Å²) in [5, 5.41) is 0. The number of nitrogens with zero attached hydrogens (tertiary/aromatic N) is 1. The topological polar surface area (TPSA) is 29.3 Å². The summed E-state index contributed by atoms with van der Waals surface area (Å²) < 4.78 is 0. The van der Waals surface area contributed by atoms with Crippen LogP contribution in [0.3, 0.4) is 0 Å². The van der Waals surface area contributed by atoms with Gasteiger partial charge in [0.1, 0.15) is 0 Å². The first-order valence-corrected chi connectivity index (χ1v) is 5.95. The van der Waals surface area contributed by atoms with Crippen molar-refractivity contribution in [2.45, 2.75) is 59.0 Å². The molecule has 1 aliphatic carbocycles. The molecule has 1 aliphatic heterocycles. The van der Waals surface area contributed by atoms with E-state index in [0.29, 0.717) is 6.04 Å². The molecule has 0 aromatic rings. The van der Waals surface area contributed by atoms with E-state index in [1.165, 1.54) is 32.4 Å². The zero-order chi connectivity index (χ0) is 10.8. The molecule has 2 nitrogen and oxygen atoms in total. The van der Waals surface area contributed by atoms with Gasteiger partial charge in [-0.05, 0) is 51.1 Å². The van der Waals surface area contributed by atoms with Gasteiger partial charge in [0.05, 0.1) is 0 Å². The molecule has 2 rings (SSSR count). The highest BCUT2D eigenvalue weighted by atomic mass is 15.2. The Morgan fingerprint density at radius 1 is 1.14 bits per heavy atom. The Labute approximate surface area is 90.3 Å². The maximum Gasteiger partial charge on any atom is 0.00412 e. The molecule has 1 spiro atoms. The Bertz CT molecular complexity index is 174. The molecule has 1 saturated carbocycles. The van der Waals surface area contributed by atoms with Crippen molar-refractivity contribution in [1.29, 1.82) is 0 Å². The van der Waals surface area contributed by atoms with Crippen molar-refractivity contribution >= 4 is 0 Å². The fourth-order valence-corrected chi connectivity index (χ4v) is 2.00. The highest BCUT2D eigenvalue weighted by Crippen LogP contribution is 2.52. The highest BCUT2D eigenvalue weighted by Gasteiger charge is 2.47. The smallest absolute Gasteiger partial charge is 0.00412 e. The van der Waals surface area contributed by atoms with Gasteiger partial charge >= 0.3 is 0 Å². The molecule has 86 valence electrons. The lowest BCUT2D eigenvalue weighted by molar-refractivity contribution is 0.262. The molecule has 0 aromatic heterocycles. The van der Waals surface area contributed by atoms with Gasteiger partial charge in [0.2, 0.25) is 0 Å². The average molecular weight is 200 g/mol. The van der Waals surface area contributed by atoms with Gasteiger partial charge < -0.3 is 10.6 Å². The second-order valence-corrected chi connectivity index (χ2v) is 5.56. The van der Waals surface area contributed by atoms with E-state index in [1.807, 2.05) is 13.8 Å². The summed E-state index contributed by atoms with van der Waals surface area (Å²) in [6.45, 7) is 11.3. The number of hydrogen-bond acceptors (Lipinski definition) is 2. The van der Waals surface area contributed by atoms with E-state index in [2.05, 4.69) is 18.7 Å². The van der Waals surface area contributed by atoms with Crippen molar-refractivity contribution in [3.8, 4) is 0 Å². The quantitative estimate of drug-likeness (QED) is 0.704. The maximum absolute atomic E-state index is 5.11. The third-order valence-corrected chi connectivity index (χ3v) is 3.16. The Balaban J connectivity index is 0.000000346. The van der Waals surface area contributed by atoms with E-state index in [1.54, 1.807) is 0 Å². The van der Waals surface area contributed by atoms with E-state index in [9.17, 15) is 0 Å². The van der Waals surface area contributed by atoms with Crippen LogP contribution in [0.1, 0.15) is 48.4 Å². The molecule has 0 amide bonds. The molecule has 0 bridgehead atoms. The lowest BCUT2D eigenvalue weighted by Gasteiger charge is -2.19. The summed E-state index contributed by atoms with van der Waals surface area (Å²) >= 11 is 0. The van der Waals surface area contributed by atoms with Gasteiger partial charge in [-0.25, -0.2) is 0 Å². The molecule has 0 atom stereocenters. The molecule has 0 radical (unpaired) electrons. The van der Waals surface area contributed by atoms with Gasteiger partial charge in [0.15, 0.2) is 0 Å². The van der Waals surface area contributed by atoms with Crippen LogP contribution in [0.5, 0.6) is 0 Å². The molecular weight excluding hydrogens is 172 g/mol. The molecule has 2 heteroatoms. The van der Waals surface area contributed by atoms with Crippen molar-refractivity contribution in [3.05, 3.63) is 0 Å². The second kappa shape index (κ2) is 4.63. The summed E-state index contributed by atoms with van der Waals surface area (Å²) in [5.41, 5.74) is 5.93. The highest BCUT2D eigenvalue weighted by molar-refractivity contribution is 5.00. The Morgan fingerprint density at radius 3 is 1.86 bits per heavy atom. The Hall–Kier alpha value is -0.0800. The van der Waals surface area contributed by atoms with Crippen molar-refractivity contribution in [1.82, 2.24) is 4.90 Å². The van der Waals surface area contributed by atoms with Gasteiger partial charge in [-0.1, -0.05) is 13.8 Å². The number of rotatable bonds is 1. The zero-order valence-electron chi connectivity index (χ0n) is 10.2. The molecule has 2 fully saturated rings. The normalized spacial score (nSPS) is 24.2. The van der Waals surface area contributed by atoms with E-state index in [0.717, 1.165) is 11.5 Å². The zero-order valence-corrected chi connectivity index (χ0v) is 10.2. The SMILES string of the molecule is CC(C)N.CC(C)N1CCC2(CC2)C1.[HH]. The van der Waals surface area contributed by atoms with Crippen LogP contribution >= 0.6 is 0 Å². The number of likely N-dealkylation sites (tertiary alicyclic amines) is 1. The Morgan fingerprint density at radius 2 is 1.64 bits per heavy atom. The third kappa shape index (κ3) is 3.58. The summed E-state index contributed by atoms with van der Waals surface area (Å²) in [6.07, 6.45) is 4.50. The summed E-state index contributed by atoms with van der Waals surface area (Å²) in [4.78, 5) is 2.62. The van der Waals surface area contributed by atoms with Gasteiger partial charge in [-0.15, -0.1) is 0 Å². The van der Waals surface area contributed by atoms with E-state index in [4.69, 9.17) is 5.73 Å². The molecule has 0 aromatic carbocycles. The van der Waals surface area contributed by atoms with Crippen molar-refractivity contribution in [2.24, 2.45) is 11.1 Å². The van der Waals surface area contributed by atoms with Gasteiger partial charge in [-0.2, -0.15) is 0 Å². The lowest BCUT2D eigenvalue weighted by atomic mass is 10.1. The van der Waals surface area contributed by atoms with Crippen LogP contribution < -0.4 is 5.73 Å². The minimum atomic E-state index is 0. The summed E-state index contributed by atoms with van der Waals surface area (Å²) in [7, 11) is 0. The van der Waals surface area contributed by atoms with E-state index >= 15 is 0 Å². The monoisotopic (exact) mass is 200 g/mol. The minimum absolute atomic E-state index is 0. The van der Waals surface area contributed by atoms with Crippen molar-refractivity contribution < 1.29 is 1.43 Å². The van der Waals surface area contributed by atoms with Gasteiger partial charge in [-0.3, -0.25) is 0 Å². The summed E-state index contributed by atoms with van der Waals surface area (Å²) in [6, 6.07) is 1.11. The summed E-state index contributed by atoms with van der Waals surface area (Å²) in [5.74, 6) is 0. The first-order chi connectivity index (χ1) is 6.45. The lowest BCUT2D eigenvalue weighted by Crippen LogP contribution is -2.28. The van der Waals surface area contributed by atoms with Crippen LogP contribution in [0.25, 0.3) is 0 Å². The minimum Gasteiger partial charge on any atom is -0.328 e. The maximum atomic E-state index is 5.11. The number of nitrogens with two attached hydrogens (primary N) is 1. The first kappa shape index (κ1) is 12.0. The van der Waals surface area contributed by atoms with E-state index in [-0.39, 0.29) is 1.43 Å². The van der Waals surface area contributed by atoms with Crippen LogP contribution in [0.15, 0.2) is 0 Å². The van der Waals surface area contributed by atoms with Crippen molar-refractivity contribution in [2.75, 3.05) is 13.1 Å². The first-order valence-electron chi connectivity index (χ1n) is 5.95. The predicted molar refractivity (Wildman–Crippen MR) is 64.4 cm³/mol. The molecule has 2 N–H and O–H groups in total. The predicted octanol–water partition coefficient (Wildman–Crippen LogP) is 2.48. The molecule has 1 saturated heterocycles. The van der Waals surface area contributed by atoms with Gasteiger partial charge in [0, 0.05) is 14.0 Å². The fourth-order valence-electron chi connectivity index (χ4n) is 2.00. The van der Waals surface area contributed by atoms with Crippen molar-refractivity contribution in [3.63, 3.8) is 0 Å². The average Bonchev–Trinajstić information content (AvgIpc) is 2.59. The third-order valence-electron chi connectivity index (χ3n) is 3.16. The van der Waals surface area contributed by atoms with Gasteiger partial charge in [0.25, 0.3) is 0 Å². The number of hydrogen-bond donors (Lipinski definition) is 1.